The summed E-state index contributed by atoms with van der Waals surface area (Å²) < 4.78 is 20.7. The van der Waals surface area contributed by atoms with Crippen LogP contribution in [0.5, 0.6) is 0 Å². The summed E-state index contributed by atoms with van der Waals surface area (Å²) in [5, 5.41) is 2.65. The standard InChI is InChI=1S/C15H19FN4O2.2ClH/c1-10-18-5-6-20(10)14-4-3-11(7-12(14)16)8-19-15(21)13(17)9-22-2;;/h3-7,13H,8-9,17H2,1-2H3,(H,19,21);2*1H. The molecular weight excluding hydrogens is 358 g/mol. The summed E-state index contributed by atoms with van der Waals surface area (Å²) in [7, 11) is 1.47. The molecule has 134 valence electrons. The fourth-order valence-corrected chi connectivity index (χ4v) is 2.06. The molecule has 1 amide bonds. The molecule has 1 atom stereocenters. The third-order valence-corrected chi connectivity index (χ3v) is 3.25. The van der Waals surface area contributed by atoms with Crippen LogP contribution in [0.2, 0.25) is 0 Å². The Labute approximate surface area is 152 Å². The van der Waals surface area contributed by atoms with E-state index in [2.05, 4.69) is 10.3 Å². The smallest absolute Gasteiger partial charge is 0.239 e. The number of aromatic nitrogens is 2. The van der Waals surface area contributed by atoms with Gasteiger partial charge in [0, 0.05) is 26.0 Å². The number of aryl methyl sites for hydroxylation is 1. The van der Waals surface area contributed by atoms with Crippen LogP contribution >= 0.6 is 24.8 Å². The number of imidazole rings is 1. The van der Waals surface area contributed by atoms with E-state index in [1.54, 1.807) is 36.0 Å². The van der Waals surface area contributed by atoms with Gasteiger partial charge in [0.2, 0.25) is 5.91 Å². The summed E-state index contributed by atoms with van der Waals surface area (Å²) >= 11 is 0. The third kappa shape index (κ3) is 5.45. The van der Waals surface area contributed by atoms with Crippen LogP contribution in [-0.2, 0) is 16.1 Å². The quantitative estimate of drug-likeness (QED) is 0.801. The molecule has 1 aromatic carbocycles. The van der Waals surface area contributed by atoms with Crippen molar-refractivity contribution in [3.8, 4) is 5.69 Å². The van der Waals surface area contributed by atoms with Gasteiger partial charge in [0.1, 0.15) is 17.7 Å². The van der Waals surface area contributed by atoms with Crippen LogP contribution in [-0.4, -0.2) is 35.2 Å². The van der Waals surface area contributed by atoms with E-state index >= 15 is 0 Å². The number of hydrogen-bond acceptors (Lipinski definition) is 4. The Hall–Kier alpha value is -1.67. The van der Waals surface area contributed by atoms with Crippen molar-refractivity contribution < 1.29 is 13.9 Å². The zero-order chi connectivity index (χ0) is 16.1. The number of rotatable bonds is 6. The highest BCUT2D eigenvalue weighted by Crippen LogP contribution is 2.16. The molecule has 0 saturated carbocycles. The first-order chi connectivity index (χ1) is 10.5. The minimum Gasteiger partial charge on any atom is -0.383 e. The number of carbonyl (C=O) groups is 1. The second kappa shape index (κ2) is 10.2. The topological polar surface area (TPSA) is 82.2 Å². The molecule has 0 aliphatic rings. The molecule has 1 heterocycles. The average molecular weight is 379 g/mol. The number of benzene rings is 1. The van der Waals surface area contributed by atoms with Crippen molar-refractivity contribution in [2.45, 2.75) is 19.5 Å². The first kappa shape index (κ1) is 22.3. The van der Waals surface area contributed by atoms with Crippen LogP contribution in [0.1, 0.15) is 11.4 Å². The first-order valence-electron chi connectivity index (χ1n) is 6.84. The van der Waals surface area contributed by atoms with Crippen molar-refractivity contribution >= 4 is 30.7 Å². The highest BCUT2D eigenvalue weighted by atomic mass is 35.5. The maximum Gasteiger partial charge on any atom is 0.239 e. The van der Waals surface area contributed by atoms with Crippen LogP contribution in [0.25, 0.3) is 5.69 Å². The van der Waals surface area contributed by atoms with Crippen LogP contribution in [0.3, 0.4) is 0 Å². The summed E-state index contributed by atoms with van der Waals surface area (Å²) in [5.41, 5.74) is 6.67. The number of carbonyl (C=O) groups excluding carboxylic acids is 1. The lowest BCUT2D eigenvalue weighted by Crippen LogP contribution is -2.43. The van der Waals surface area contributed by atoms with Crippen LogP contribution in [0.4, 0.5) is 4.39 Å². The monoisotopic (exact) mass is 378 g/mol. The van der Waals surface area contributed by atoms with Crippen molar-refractivity contribution in [3.63, 3.8) is 0 Å². The van der Waals surface area contributed by atoms with Gasteiger partial charge in [0.15, 0.2) is 0 Å². The second-order valence-electron chi connectivity index (χ2n) is 4.91. The number of halogens is 3. The lowest BCUT2D eigenvalue weighted by molar-refractivity contribution is -0.123. The summed E-state index contributed by atoms with van der Waals surface area (Å²) in [6, 6.07) is 4.06. The van der Waals surface area contributed by atoms with Gasteiger partial charge in [0.05, 0.1) is 12.3 Å². The number of amides is 1. The molecule has 0 radical (unpaired) electrons. The summed E-state index contributed by atoms with van der Waals surface area (Å²) in [5.74, 6) is -0.0173. The number of nitrogens with zero attached hydrogens (tertiary/aromatic N) is 2. The van der Waals surface area contributed by atoms with Gasteiger partial charge in [-0.25, -0.2) is 9.37 Å². The first-order valence-corrected chi connectivity index (χ1v) is 6.84. The lowest BCUT2D eigenvalue weighted by Gasteiger charge is -2.12. The van der Waals surface area contributed by atoms with E-state index in [-0.39, 0.29) is 49.7 Å². The maximum absolute atomic E-state index is 14.2. The number of methoxy groups -OCH3 is 1. The summed E-state index contributed by atoms with van der Waals surface area (Å²) in [4.78, 5) is 15.7. The minimum atomic E-state index is -0.734. The van der Waals surface area contributed by atoms with Crippen molar-refractivity contribution in [3.05, 3.63) is 47.8 Å². The zero-order valence-electron chi connectivity index (χ0n) is 13.4. The van der Waals surface area contributed by atoms with E-state index in [0.717, 1.165) is 0 Å². The molecule has 0 spiro atoms. The molecule has 0 saturated heterocycles. The van der Waals surface area contributed by atoms with Gasteiger partial charge in [-0.1, -0.05) is 6.07 Å². The van der Waals surface area contributed by atoms with E-state index < -0.39 is 6.04 Å². The van der Waals surface area contributed by atoms with Crippen molar-refractivity contribution in [1.82, 2.24) is 14.9 Å². The predicted octanol–water partition coefficient (Wildman–Crippen LogP) is 1.75. The molecule has 0 fully saturated rings. The van der Waals surface area contributed by atoms with Crippen LogP contribution < -0.4 is 11.1 Å². The van der Waals surface area contributed by atoms with Gasteiger partial charge in [-0.05, 0) is 24.6 Å². The molecule has 1 unspecified atom stereocenters. The number of nitrogens with two attached hydrogens (primary N) is 1. The number of ether oxygens (including phenoxy) is 1. The molecule has 0 bridgehead atoms. The zero-order valence-corrected chi connectivity index (χ0v) is 15.0. The number of hydrogen-bond donors (Lipinski definition) is 2. The summed E-state index contributed by atoms with van der Waals surface area (Å²) in [6.07, 6.45) is 3.30. The SMILES string of the molecule is COCC(N)C(=O)NCc1ccc(-n2ccnc2C)c(F)c1.Cl.Cl. The van der Waals surface area contributed by atoms with Gasteiger partial charge in [0.25, 0.3) is 0 Å². The van der Waals surface area contributed by atoms with Crippen LogP contribution in [0, 0.1) is 12.7 Å². The Morgan fingerprint density at radius 1 is 1.46 bits per heavy atom. The largest absolute Gasteiger partial charge is 0.383 e. The van der Waals surface area contributed by atoms with Gasteiger partial charge in [-0.3, -0.25) is 4.79 Å². The highest BCUT2D eigenvalue weighted by molar-refractivity contribution is 5.85. The molecule has 6 nitrogen and oxygen atoms in total. The van der Waals surface area contributed by atoms with E-state index in [1.165, 1.54) is 13.2 Å². The Morgan fingerprint density at radius 3 is 2.71 bits per heavy atom. The average Bonchev–Trinajstić information content (AvgIpc) is 2.91. The molecule has 3 N–H and O–H groups in total. The maximum atomic E-state index is 14.2. The second-order valence-corrected chi connectivity index (χ2v) is 4.91. The van der Waals surface area contributed by atoms with E-state index in [1.807, 2.05) is 0 Å². The van der Waals surface area contributed by atoms with Gasteiger partial charge < -0.3 is 20.4 Å². The number of nitrogens with one attached hydrogen (secondary N) is 1. The fourth-order valence-electron chi connectivity index (χ4n) is 2.06. The van der Waals surface area contributed by atoms with Gasteiger partial charge >= 0.3 is 0 Å². The molecule has 1 aromatic heterocycles. The predicted molar refractivity (Wildman–Crippen MR) is 94.5 cm³/mol. The molecule has 24 heavy (non-hydrogen) atoms. The van der Waals surface area contributed by atoms with Gasteiger partial charge in [-0.15, -0.1) is 24.8 Å². The van der Waals surface area contributed by atoms with Crippen LogP contribution in [0.15, 0.2) is 30.6 Å². The van der Waals surface area contributed by atoms with E-state index in [0.29, 0.717) is 17.1 Å². The van der Waals surface area contributed by atoms with E-state index in [4.69, 9.17) is 10.5 Å². The Balaban J connectivity index is 0.00000264. The Kier molecular flexibility index (Phi) is 9.53. The normalized spacial score (nSPS) is 11.2. The van der Waals surface area contributed by atoms with Gasteiger partial charge in [-0.2, -0.15) is 0 Å². The molecular formula is C15H21Cl2FN4O2. The highest BCUT2D eigenvalue weighted by Gasteiger charge is 2.13. The molecule has 2 aromatic rings. The fraction of sp³-hybridized carbons (Fsp3) is 0.333. The Bertz CT molecular complexity index is 667. The molecule has 0 aliphatic carbocycles. The van der Waals surface area contributed by atoms with Crippen molar-refractivity contribution in [2.75, 3.05) is 13.7 Å². The molecule has 2 rings (SSSR count). The van der Waals surface area contributed by atoms with Crippen molar-refractivity contribution in [2.24, 2.45) is 5.73 Å². The molecule has 0 aliphatic heterocycles. The summed E-state index contributed by atoms with van der Waals surface area (Å²) in [6.45, 7) is 2.14. The van der Waals surface area contributed by atoms with Crippen molar-refractivity contribution in [1.29, 1.82) is 0 Å². The third-order valence-electron chi connectivity index (χ3n) is 3.25. The minimum absolute atomic E-state index is 0. The lowest BCUT2D eigenvalue weighted by atomic mass is 10.2. The van der Waals surface area contributed by atoms with E-state index in [9.17, 15) is 9.18 Å². The Morgan fingerprint density at radius 2 is 2.17 bits per heavy atom. The molecule has 9 heteroatoms.